The van der Waals surface area contributed by atoms with Crippen LogP contribution in [0, 0.1) is 46.3 Å². The predicted molar refractivity (Wildman–Crippen MR) is 124 cm³/mol. The number of fused-ring (bicyclic) bond motifs is 5. The van der Waals surface area contributed by atoms with Crippen LogP contribution in [0.5, 0.6) is 0 Å². The van der Waals surface area contributed by atoms with Gasteiger partial charge in [-0.25, -0.2) is 0 Å². The molecule has 0 unspecified atom stereocenters. The first-order chi connectivity index (χ1) is 14.0. The van der Waals surface area contributed by atoms with Crippen molar-refractivity contribution in [3.63, 3.8) is 0 Å². The Morgan fingerprint density at radius 2 is 1.81 bits per heavy atom. The molecule has 4 N–H and O–H groups in total. The smallest absolute Gasteiger partial charge is 0.307 e. The molecule has 8 atom stereocenters. The molecule has 6 heteroatoms. The molecule has 0 aliphatic heterocycles. The highest BCUT2D eigenvalue weighted by molar-refractivity contribution is 5.85. The Labute approximate surface area is 194 Å². The maximum atomic E-state index is 12.1. The molecule has 0 aromatic rings. The van der Waals surface area contributed by atoms with Gasteiger partial charge in [-0.1, -0.05) is 27.7 Å². The molecule has 4 rings (SSSR count). The molecule has 0 saturated heterocycles. The first kappa shape index (κ1) is 25.3. The summed E-state index contributed by atoms with van der Waals surface area (Å²) in [5.41, 5.74) is -0.722. The molecule has 0 spiro atoms. The standard InChI is InChI=1S/C25H43NO4.ClH/c1-15(2)11-13-26-20-14-23(3)18(9-10-19(23)22(27)28)17-8-7-16-6-5-12-25(29,30)24(16,4)21(17)20;/h15-21,26,29-30H,5-14H2,1-4H3,(H,27,28);1H/t16-,17+,18+,19-,20-,21-,23+,24+;/m1./s1. The first-order valence-corrected chi connectivity index (χ1v) is 12.4. The van der Waals surface area contributed by atoms with Gasteiger partial charge in [-0.05, 0) is 92.9 Å². The van der Waals surface area contributed by atoms with Crippen LogP contribution >= 0.6 is 12.4 Å². The zero-order chi connectivity index (χ0) is 21.9. The fourth-order valence-electron chi connectivity index (χ4n) is 8.68. The number of aliphatic hydroxyl groups is 2. The van der Waals surface area contributed by atoms with Crippen LogP contribution in [0.1, 0.15) is 85.5 Å². The fourth-order valence-corrected chi connectivity index (χ4v) is 8.68. The predicted octanol–water partition coefficient (Wildman–Crippen LogP) is 4.45. The Balaban J connectivity index is 0.00000272. The zero-order valence-electron chi connectivity index (χ0n) is 19.8. The summed E-state index contributed by atoms with van der Waals surface area (Å²) in [6.07, 6.45) is 8.24. The molecule has 0 radical (unpaired) electrons. The van der Waals surface area contributed by atoms with Crippen molar-refractivity contribution in [2.75, 3.05) is 6.54 Å². The van der Waals surface area contributed by atoms with Crippen LogP contribution in [0.15, 0.2) is 0 Å². The van der Waals surface area contributed by atoms with Crippen molar-refractivity contribution in [1.29, 1.82) is 0 Å². The van der Waals surface area contributed by atoms with Crippen molar-refractivity contribution in [2.24, 2.45) is 46.3 Å². The second kappa shape index (κ2) is 8.77. The van der Waals surface area contributed by atoms with Crippen molar-refractivity contribution in [1.82, 2.24) is 5.32 Å². The van der Waals surface area contributed by atoms with Crippen LogP contribution in [0.3, 0.4) is 0 Å². The van der Waals surface area contributed by atoms with Gasteiger partial charge in [0.15, 0.2) is 5.79 Å². The maximum Gasteiger partial charge on any atom is 0.307 e. The molecule has 0 heterocycles. The van der Waals surface area contributed by atoms with Crippen LogP contribution in [-0.2, 0) is 4.79 Å². The lowest BCUT2D eigenvalue weighted by molar-refractivity contribution is -0.316. The molecule has 0 aromatic heterocycles. The maximum absolute atomic E-state index is 12.1. The lowest BCUT2D eigenvalue weighted by Crippen LogP contribution is -2.68. The number of hydrogen-bond acceptors (Lipinski definition) is 4. The van der Waals surface area contributed by atoms with Gasteiger partial charge in [0.2, 0.25) is 0 Å². The van der Waals surface area contributed by atoms with Crippen molar-refractivity contribution in [3.8, 4) is 0 Å². The fraction of sp³-hybridized carbons (Fsp3) is 0.960. The molecule has 4 aliphatic rings. The van der Waals surface area contributed by atoms with E-state index in [1.807, 2.05) is 0 Å². The molecule has 31 heavy (non-hydrogen) atoms. The summed E-state index contributed by atoms with van der Waals surface area (Å²) in [7, 11) is 0. The van der Waals surface area contributed by atoms with E-state index < -0.39 is 17.2 Å². The Kier molecular flexibility index (Phi) is 7.15. The van der Waals surface area contributed by atoms with Crippen molar-refractivity contribution in [3.05, 3.63) is 0 Å². The molecular formula is C25H44ClNO4. The topological polar surface area (TPSA) is 89.8 Å². The summed E-state index contributed by atoms with van der Waals surface area (Å²) >= 11 is 0. The van der Waals surface area contributed by atoms with Gasteiger partial charge in [0.1, 0.15) is 0 Å². The highest BCUT2D eigenvalue weighted by atomic mass is 35.5. The van der Waals surface area contributed by atoms with Gasteiger partial charge in [0, 0.05) is 17.9 Å². The Morgan fingerprint density at radius 3 is 2.45 bits per heavy atom. The monoisotopic (exact) mass is 457 g/mol. The van der Waals surface area contributed by atoms with E-state index in [4.69, 9.17) is 0 Å². The third-order valence-electron chi connectivity index (χ3n) is 10.2. The molecule has 5 nitrogen and oxygen atoms in total. The van der Waals surface area contributed by atoms with Crippen LogP contribution in [0.2, 0.25) is 0 Å². The van der Waals surface area contributed by atoms with E-state index in [2.05, 4.69) is 33.0 Å². The van der Waals surface area contributed by atoms with Crippen LogP contribution in [0.25, 0.3) is 0 Å². The second-order valence-corrected chi connectivity index (χ2v) is 12.0. The minimum absolute atomic E-state index is 0. The van der Waals surface area contributed by atoms with Crippen molar-refractivity contribution >= 4 is 18.4 Å². The van der Waals surface area contributed by atoms with Gasteiger partial charge in [-0.15, -0.1) is 12.4 Å². The summed E-state index contributed by atoms with van der Waals surface area (Å²) in [5, 5.41) is 36.4. The van der Waals surface area contributed by atoms with Crippen LogP contribution < -0.4 is 5.32 Å². The van der Waals surface area contributed by atoms with E-state index in [0.29, 0.717) is 30.1 Å². The summed E-state index contributed by atoms with van der Waals surface area (Å²) < 4.78 is 0. The number of aliphatic carboxylic acids is 1. The summed E-state index contributed by atoms with van der Waals surface area (Å²) in [6.45, 7) is 9.74. The molecule has 4 saturated carbocycles. The second-order valence-electron chi connectivity index (χ2n) is 12.0. The van der Waals surface area contributed by atoms with E-state index >= 15 is 0 Å². The average Bonchev–Trinajstić information content (AvgIpc) is 2.99. The third kappa shape index (κ3) is 3.86. The lowest BCUT2D eigenvalue weighted by Gasteiger charge is -2.65. The number of carboxylic acid groups (broad SMARTS) is 1. The number of carboxylic acids is 1. The molecule has 4 aliphatic carbocycles. The number of rotatable bonds is 5. The van der Waals surface area contributed by atoms with E-state index in [1.165, 1.54) is 0 Å². The number of nitrogens with one attached hydrogen (secondary N) is 1. The zero-order valence-corrected chi connectivity index (χ0v) is 20.6. The van der Waals surface area contributed by atoms with Gasteiger partial charge in [0.25, 0.3) is 0 Å². The summed E-state index contributed by atoms with van der Waals surface area (Å²) in [4.78, 5) is 12.1. The number of carbonyl (C=O) groups is 1. The van der Waals surface area contributed by atoms with Gasteiger partial charge in [0.05, 0.1) is 5.92 Å². The normalized spacial score (nSPS) is 45.9. The molecule has 0 bridgehead atoms. The number of halogens is 1. The Bertz CT molecular complexity index is 670. The quantitative estimate of drug-likeness (QED) is 0.458. The van der Waals surface area contributed by atoms with Gasteiger partial charge in [-0.2, -0.15) is 0 Å². The Hall–Kier alpha value is -0.360. The minimum atomic E-state index is -1.63. The lowest BCUT2D eigenvalue weighted by atomic mass is 9.42. The molecule has 0 aromatic carbocycles. The average molecular weight is 458 g/mol. The molecule has 0 amide bonds. The van der Waals surface area contributed by atoms with E-state index in [9.17, 15) is 20.1 Å². The van der Waals surface area contributed by atoms with Crippen LogP contribution in [0.4, 0.5) is 0 Å². The van der Waals surface area contributed by atoms with Crippen molar-refractivity contribution < 1.29 is 20.1 Å². The number of hydrogen-bond donors (Lipinski definition) is 4. The van der Waals surface area contributed by atoms with Gasteiger partial charge in [-0.3, -0.25) is 4.79 Å². The summed E-state index contributed by atoms with van der Waals surface area (Å²) in [6, 6.07) is 0.152. The van der Waals surface area contributed by atoms with E-state index in [1.54, 1.807) is 0 Å². The largest absolute Gasteiger partial charge is 0.481 e. The molecule has 4 fully saturated rings. The highest BCUT2D eigenvalue weighted by Crippen LogP contribution is 2.68. The van der Waals surface area contributed by atoms with E-state index in [-0.39, 0.29) is 35.7 Å². The molecule has 180 valence electrons. The molecular weight excluding hydrogens is 414 g/mol. The Morgan fingerprint density at radius 1 is 1.10 bits per heavy atom. The third-order valence-corrected chi connectivity index (χ3v) is 10.2. The van der Waals surface area contributed by atoms with E-state index in [0.717, 1.165) is 57.9 Å². The minimum Gasteiger partial charge on any atom is -0.481 e. The first-order valence-electron chi connectivity index (χ1n) is 12.4. The SMILES string of the molecule is CC(C)CCN[C@@H]1C[C@]2(C)[C@@H](C(=O)O)CC[C@H]2[C@@H]2CC[C@H]3CCCC(O)(O)[C@]3(C)[C@H]21.Cl. The van der Waals surface area contributed by atoms with Gasteiger partial charge >= 0.3 is 5.97 Å². The highest BCUT2D eigenvalue weighted by Gasteiger charge is 2.68. The van der Waals surface area contributed by atoms with Gasteiger partial charge < -0.3 is 20.6 Å². The van der Waals surface area contributed by atoms with Crippen LogP contribution in [-0.4, -0.2) is 39.7 Å². The summed E-state index contributed by atoms with van der Waals surface area (Å²) in [5.74, 6) is -0.640. The van der Waals surface area contributed by atoms with Crippen molar-refractivity contribution in [2.45, 2.75) is 97.3 Å².